The van der Waals surface area contributed by atoms with Crippen LogP contribution in [0.5, 0.6) is 5.75 Å². The molecule has 1 aromatic carbocycles. The van der Waals surface area contributed by atoms with E-state index in [0.29, 0.717) is 6.54 Å². The van der Waals surface area contributed by atoms with Crippen LogP contribution in [0.4, 0.5) is 0 Å². The molecule has 4 nitrogen and oxygen atoms in total. The predicted octanol–water partition coefficient (Wildman–Crippen LogP) is 1.08. The number of rotatable bonds is 5. The Hall–Kier alpha value is -1.26. The number of benzene rings is 1. The summed E-state index contributed by atoms with van der Waals surface area (Å²) in [5.41, 5.74) is 1.09. The maximum Gasteiger partial charge on any atom is 0.234 e. The Morgan fingerprint density at radius 2 is 1.94 bits per heavy atom. The molecule has 1 rings (SSSR count). The Bertz CT molecular complexity index is 341. The summed E-state index contributed by atoms with van der Waals surface area (Å²) < 4.78 is 0. The standard InChI is InChI=1S/C12H18N2O2.ClH/c1-9(14-12(16)8-13-2)7-10-3-5-11(15)6-4-10;/h3-6,9,13,15H,7-8H2,1-2H3,(H,14,16);1H. The number of nitrogens with one attached hydrogen (secondary N) is 2. The van der Waals surface area contributed by atoms with Crippen molar-refractivity contribution in [2.75, 3.05) is 13.6 Å². The van der Waals surface area contributed by atoms with Crippen molar-refractivity contribution in [3.8, 4) is 5.75 Å². The number of halogens is 1. The minimum absolute atomic E-state index is 0. The topological polar surface area (TPSA) is 61.4 Å². The van der Waals surface area contributed by atoms with Crippen LogP contribution in [0.2, 0.25) is 0 Å². The number of amides is 1. The molecule has 1 amide bonds. The second-order valence-corrected chi connectivity index (χ2v) is 3.87. The molecule has 3 N–H and O–H groups in total. The van der Waals surface area contributed by atoms with Gasteiger partial charge in [-0.2, -0.15) is 0 Å². The lowest BCUT2D eigenvalue weighted by Crippen LogP contribution is -2.39. The fraction of sp³-hybridized carbons (Fsp3) is 0.417. The van der Waals surface area contributed by atoms with E-state index in [4.69, 9.17) is 5.11 Å². The van der Waals surface area contributed by atoms with E-state index in [1.165, 1.54) is 0 Å². The summed E-state index contributed by atoms with van der Waals surface area (Å²) in [5, 5.41) is 14.8. The highest BCUT2D eigenvalue weighted by Gasteiger charge is 2.06. The molecule has 0 aromatic heterocycles. The zero-order chi connectivity index (χ0) is 12.0. The van der Waals surface area contributed by atoms with Gasteiger partial charge in [-0.25, -0.2) is 0 Å². The smallest absolute Gasteiger partial charge is 0.234 e. The van der Waals surface area contributed by atoms with Crippen LogP contribution in [-0.4, -0.2) is 30.6 Å². The third-order valence-corrected chi connectivity index (χ3v) is 2.22. The van der Waals surface area contributed by atoms with Gasteiger partial charge in [0, 0.05) is 6.04 Å². The van der Waals surface area contributed by atoms with Crippen molar-refractivity contribution in [2.24, 2.45) is 0 Å². The van der Waals surface area contributed by atoms with Crippen molar-refractivity contribution < 1.29 is 9.90 Å². The monoisotopic (exact) mass is 258 g/mol. The van der Waals surface area contributed by atoms with Gasteiger partial charge in [-0.05, 0) is 38.1 Å². The van der Waals surface area contributed by atoms with Crippen LogP contribution >= 0.6 is 12.4 Å². The molecule has 0 spiro atoms. The quantitative estimate of drug-likeness (QED) is 0.741. The van der Waals surface area contributed by atoms with E-state index < -0.39 is 0 Å². The van der Waals surface area contributed by atoms with Gasteiger partial charge in [-0.1, -0.05) is 12.1 Å². The summed E-state index contributed by atoms with van der Waals surface area (Å²) in [6.45, 7) is 2.29. The highest BCUT2D eigenvalue weighted by Crippen LogP contribution is 2.11. The van der Waals surface area contributed by atoms with E-state index in [1.54, 1.807) is 19.2 Å². The second kappa shape index (κ2) is 7.92. The summed E-state index contributed by atoms with van der Waals surface area (Å²) in [5.74, 6) is 0.254. The van der Waals surface area contributed by atoms with E-state index in [1.807, 2.05) is 19.1 Å². The summed E-state index contributed by atoms with van der Waals surface area (Å²) in [6.07, 6.45) is 0.760. The predicted molar refractivity (Wildman–Crippen MR) is 70.6 cm³/mol. The second-order valence-electron chi connectivity index (χ2n) is 3.87. The van der Waals surface area contributed by atoms with Crippen LogP contribution in [0.1, 0.15) is 12.5 Å². The maximum atomic E-state index is 11.3. The lowest BCUT2D eigenvalue weighted by atomic mass is 10.1. The van der Waals surface area contributed by atoms with Gasteiger partial charge in [0.15, 0.2) is 0 Å². The molecule has 0 aliphatic heterocycles. The lowest BCUT2D eigenvalue weighted by molar-refractivity contribution is -0.120. The van der Waals surface area contributed by atoms with Crippen LogP contribution < -0.4 is 10.6 Å². The molecule has 0 saturated heterocycles. The van der Waals surface area contributed by atoms with Gasteiger partial charge >= 0.3 is 0 Å². The first-order valence-electron chi connectivity index (χ1n) is 5.33. The van der Waals surface area contributed by atoms with Crippen LogP contribution in [-0.2, 0) is 11.2 Å². The third kappa shape index (κ3) is 6.14. The maximum absolute atomic E-state index is 11.3. The fourth-order valence-electron chi connectivity index (χ4n) is 1.52. The van der Waals surface area contributed by atoms with E-state index in [2.05, 4.69) is 10.6 Å². The van der Waals surface area contributed by atoms with Crippen LogP contribution in [0, 0.1) is 0 Å². The van der Waals surface area contributed by atoms with Gasteiger partial charge in [0.25, 0.3) is 0 Å². The first kappa shape index (κ1) is 15.7. The Kier molecular flexibility index (Phi) is 7.34. The van der Waals surface area contributed by atoms with E-state index in [0.717, 1.165) is 12.0 Å². The van der Waals surface area contributed by atoms with Gasteiger partial charge < -0.3 is 15.7 Å². The lowest BCUT2D eigenvalue weighted by Gasteiger charge is -2.13. The number of hydrogen-bond acceptors (Lipinski definition) is 3. The molecule has 96 valence electrons. The number of hydrogen-bond donors (Lipinski definition) is 3. The first-order chi connectivity index (χ1) is 7.61. The fourth-order valence-corrected chi connectivity index (χ4v) is 1.52. The van der Waals surface area contributed by atoms with E-state index in [9.17, 15) is 4.79 Å². The molecule has 17 heavy (non-hydrogen) atoms. The molecule has 0 heterocycles. The summed E-state index contributed by atoms with van der Waals surface area (Å²) in [7, 11) is 1.74. The van der Waals surface area contributed by atoms with Crippen molar-refractivity contribution in [2.45, 2.75) is 19.4 Å². The Labute approximate surface area is 108 Å². The third-order valence-electron chi connectivity index (χ3n) is 2.22. The van der Waals surface area contributed by atoms with E-state index >= 15 is 0 Å². The number of phenols is 1. The van der Waals surface area contributed by atoms with Crippen LogP contribution in [0.15, 0.2) is 24.3 Å². The average molecular weight is 259 g/mol. The van der Waals surface area contributed by atoms with Crippen LogP contribution in [0.3, 0.4) is 0 Å². The highest BCUT2D eigenvalue weighted by molar-refractivity contribution is 5.85. The van der Waals surface area contributed by atoms with Crippen molar-refractivity contribution in [1.29, 1.82) is 0 Å². The molecule has 0 aliphatic rings. The van der Waals surface area contributed by atoms with Gasteiger partial charge in [0.05, 0.1) is 6.54 Å². The van der Waals surface area contributed by atoms with Crippen molar-refractivity contribution in [3.63, 3.8) is 0 Å². The Morgan fingerprint density at radius 1 is 1.35 bits per heavy atom. The molecular weight excluding hydrogens is 240 g/mol. The van der Waals surface area contributed by atoms with Crippen molar-refractivity contribution >= 4 is 18.3 Å². The molecule has 0 radical (unpaired) electrons. The molecule has 1 atom stereocenters. The van der Waals surface area contributed by atoms with Gasteiger partial charge in [-0.15, -0.1) is 12.4 Å². The number of phenolic OH excluding ortho intramolecular Hbond substituents is 1. The summed E-state index contributed by atoms with van der Waals surface area (Å²) in [4.78, 5) is 11.3. The Morgan fingerprint density at radius 3 is 2.47 bits per heavy atom. The summed E-state index contributed by atoms with van der Waals surface area (Å²) >= 11 is 0. The highest BCUT2D eigenvalue weighted by atomic mass is 35.5. The molecule has 0 saturated carbocycles. The van der Waals surface area contributed by atoms with E-state index in [-0.39, 0.29) is 30.1 Å². The van der Waals surface area contributed by atoms with Gasteiger partial charge in [-0.3, -0.25) is 4.79 Å². The minimum atomic E-state index is -0.00576. The molecule has 0 aliphatic carbocycles. The first-order valence-corrected chi connectivity index (χ1v) is 5.33. The van der Waals surface area contributed by atoms with Gasteiger partial charge in [0.1, 0.15) is 5.75 Å². The molecule has 0 bridgehead atoms. The van der Waals surface area contributed by atoms with Crippen molar-refractivity contribution in [3.05, 3.63) is 29.8 Å². The SMILES string of the molecule is CNCC(=O)NC(C)Cc1ccc(O)cc1.Cl. The van der Waals surface area contributed by atoms with Crippen molar-refractivity contribution in [1.82, 2.24) is 10.6 Å². The van der Waals surface area contributed by atoms with Crippen LogP contribution in [0.25, 0.3) is 0 Å². The van der Waals surface area contributed by atoms with Gasteiger partial charge in [0.2, 0.25) is 5.91 Å². The average Bonchev–Trinajstić information content (AvgIpc) is 2.21. The molecule has 5 heteroatoms. The summed E-state index contributed by atoms with van der Waals surface area (Å²) in [6, 6.07) is 7.10. The Balaban J connectivity index is 0.00000256. The number of carbonyl (C=O) groups excluding carboxylic acids is 1. The normalized spacial score (nSPS) is 11.4. The number of carbonyl (C=O) groups is 1. The molecule has 0 fully saturated rings. The largest absolute Gasteiger partial charge is 0.508 e. The zero-order valence-electron chi connectivity index (χ0n) is 10.1. The molecule has 1 aromatic rings. The number of likely N-dealkylation sites (N-methyl/N-ethyl adjacent to an activating group) is 1. The number of aromatic hydroxyl groups is 1. The molecule has 1 unspecified atom stereocenters. The minimum Gasteiger partial charge on any atom is -0.508 e. The zero-order valence-corrected chi connectivity index (χ0v) is 10.9. The molecular formula is C12H19ClN2O2.